The average Bonchev–Trinajstić information content (AvgIpc) is 3.08. The van der Waals surface area contributed by atoms with E-state index in [1.165, 1.54) is 6.92 Å². The van der Waals surface area contributed by atoms with Gasteiger partial charge in [-0.2, -0.15) is 11.3 Å². The first-order valence-electron chi connectivity index (χ1n) is 8.02. The molecule has 7 nitrogen and oxygen atoms in total. The Morgan fingerprint density at radius 1 is 1.08 bits per heavy atom. The Bertz CT molecular complexity index is 775. The van der Waals surface area contributed by atoms with Gasteiger partial charge in [0.25, 0.3) is 0 Å². The van der Waals surface area contributed by atoms with Gasteiger partial charge in [0.15, 0.2) is 0 Å². The molecule has 3 amide bonds. The summed E-state index contributed by atoms with van der Waals surface area (Å²) in [6.45, 7) is 1.72. The minimum absolute atomic E-state index is 0.0129. The summed E-state index contributed by atoms with van der Waals surface area (Å²) in [6, 6.07) is 8.58. The molecule has 0 saturated heterocycles. The van der Waals surface area contributed by atoms with E-state index in [0.29, 0.717) is 17.9 Å². The van der Waals surface area contributed by atoms with E-state index in [1.54, 1.807) is 35.6 Å². The van der Waals surface area contributed by atoms with Crippen molar-refractivity contribution in [2.75, 3.05) is 31.3 Å². The van der Waals surface area contributed by atoms with Crippen molar-refractivity contribution in [3.8, 4) is 0 Å². The van der Waals surface area contributed by atoms with E-state index in [2.05, 4.69) is 16.0 Å². The fourth-order valence-electron chi connectivity index (χ4n) is 2.40. The van der Waals surface area contributed by atoms with E-state index >= 15 is 0 Å². The molecule has 1 unspecified atom stereocenters. The van der Waals surface area contributed by atoms with E-state index in [1.807, 2.05) is 35.8 Å². The van der Waals surface area contributed by atoms with Gasteiger partial charge in [-0.25, -0.2) is 0 Å². The second kappa shape index (κ2) is 9.12. The third kappa shape index (κ3) is 5.68. The van der Waals surface area contributed by atoms with Crippen molar-refractivity contribution in [2.45, 2.75) is 13.0 Å². The molecule has 0 spiro atoms. The standard InChI is InChI=1S/C18H22N4O3S/c1-12(23)20-14-5-4-6-15(9-14)21-18(25)17(24)19-10-16(22(2)3)13-7-8-26-11-13/h4-9,11,16H,10H2,1-3H3,(H,19,24)(H,20,23)(H,21,25). The minimum atomic E-state index is -0.757. The molecule has 8 heteroatoms. The molecule has 2 aromatic rings. The number of carbonyl (C=O) groups excluding carboxylic acids is 3. The molecule has 1 heterocycles. The van der Waals surface area contributed by atoms with Crippen LogP contribution in [0.1, 0.15) is 18.5 Å². The summed E-state index contributed by atoms with van der Waals surface area (Å²) < 4.78 is 0. The molecule has 0 radical (unpaired) electrons. The van der Waals surface area contributed by atoms with Crippen molar-refractivity contribution in [1.82, 2.24) is 10.2 Å². The van der Waals surface area contributed by atoms with Crippen LogP contribution in [-0.2, 0) is 14.4 Å². The van der Waals surface area contributed by atoms with E-state index in [-0.39, 0.29) is 11.9 Å². The van der Waals surface area contributed by atoms with Crippen molar-refractivity contribution >= 4 is 40.4 Å². The first kappa shape index (κ1) is 19.6. The molecule has 1 atom stereocenters. The zero-order valence-electron chi connectivity index (χ0n) is 14.9. The Morgan fingerprint density at radius 2 is 1.77 bits per heavy atom. The molecule has 138 valence electrons. The molecule has 2 rings (SSSR count). The first-order chi connectivity index (χ1) is 12.4. The van der Waals surface area contributed by atoms with Gasteiger partial charge in [0.05, 0.1) is 6.04 Å². The van der Waals surface area contributed by atoms with Crippen LogP contribution in [0.2, 0.25) is 0 Å². The number of thiophene rings is 1. The molecule has 0 aliphatic rings. The number of hydrogen-bond acceptors (Lipinski definition) is 5. The Kier molecular flexibility index (Phi) is 6.88. The van der Waals surface area contributed by atoms with Gasteiger partial charge in [0, 0.05) is 24.8 Å². The number of anilines is 2. The van der Waals surface area contributed by atoms with Gasteiger partial charge in [-0.1, -0.05) is 6.07 Å². The Hall–Kier alpha value is -2.71. The minimum Gasteiger partial charge on any atom is -0.346 e. The lowest BCUT2D eigenvalue weighted by atomic mass is 10.1. The van der Waals surface area contributed by atoms with Crippen LogP contribution >= 0.6 is 11.3 Å². The molecule has 0 saturated carbocycles. The molecule has 0 aliphatic carbocycles. The van der Waals surface area contributed by atoms with E-state index < -0.39 is 11.8 Å². The summed E-state index contributed by atoms with van der Waals surface area (Å²) in [4.78, 5) is 37.3. The second-order valence-electron chi connectivity index (χ2n) is 5.96. The van der Waals surface area contributed by atoms with Crippen LogP contribution in [0.25, 0.3) is 0 Å². The predicted molar refractivity (Wildman–Crippen MR) is 103 cm³/mol. The highest BCUT2D eigenvalue weighted by atomic mass is 32.1. The molecule has 26 heavy (non-hydrogen) atoms. The van der Waals surface area contributed by atoms with Crippen molar-refractivity contribution in [2.24, 2.45) is 0 Å². The zero-order valence-corrected chi connectivity index (χ0v) is 15.7. The predicted octanol–water partition coefficient (Wildman–Crippen LogP) is 2.06. The van der Waals surface area contributed by atoms with Gasteiger partial charge in [-0.15, -0.1) is 0 Å². The Balaban J connectivity index is 1.93. The highest BCUT2D eigenvalue weighted by molar-refractivity contribution is 7.08. The molecule has 1 aromatic carbocycles. The number of amides is 3. The van der Waals surface area contributed by atoms with Crippen molar-refractivity contribution in [3.63, 3.8) is 0 Å². The van der Waals surface area contributed by atoms with Gasteiger partial charge in [0.1, 0.15) is 0 Å². The molecule has 0 aliphatic heterocycles. The fraction of sp³-hybridized carbons (Fsp3) is 0.278. The number of carbonyl (C=O) groups is 3. The highest BCUT2D eigenvalue weighted by Crippen LogP contribution is 2.20. The van der Waals surface area contributed by atoms with Gasteiger partial charge in [0.2, 0.25) is 5.91 Å². The molecule has 3 N–H and O–H groups in total. The Morgan fingerprint density at radius 3 is 2.35 bits per heavy atom. The highest BCUT2D eigenvalue weighted by Gasteiger charge is 2.19. The number of rotatable bonds is 6. The second-order valence-corrected chi connectivity index (χ2v) is 6.74. The van der Waals surface area contributed by atoms with Crippen molar-refractivity contribution in [1.29, 1.82) is 0 Å². The van der Waals surface area contributed by atoms with Crippen molar-refractivity contribution in [3.05, 3.63) is 46.7 Å². The maximum atomic E-state index is 12.1. The third-order valence-electron chi connectivity index (χ3n) is 3.65. The van der Waals surface area contributed by atoms with Crippen LogP contribution in [0.5, 0.6) is 0 Å². The normalized spacial score (nSPS) is 11.7. The van der Waals surface area contributed by atoms with Gasteiger partial charge >= 0.3 is 11.8 Å². The van der Waals surface area contributed by atoms with Gasteiger partial charge < -0.3 is 20.9 Å². The summed E-state index contributed by atoms with van der Waals surface area (Å²) in [6.07, 6.45) is 0. The number of nitrogens with zero attached hydrogens (tertiary/aromatic N) is 1. The maximum absolute atomic E-state index is 12.1. The van der Waals surface area contributed by atoms with E-state index in [4.69, 9.17) is 0 Å². The number of hydrogen-bond donors (Lipinski definition) is 3. The van der Waals surface area contributed by atoms with Crippen LogP contribution in [-0.4, -0.2) is 43.3 Å². The fourth-order valence-corrected chi connectivity index (χ4v) is 3.11. The van der Waals surface area contributed by atoms with Crippen molar-refractivity contribution < 1.29 is 14.4 Å². The molecular formula is C18H22N4O3S. The lowest BCUT2D eigenvalue weighted by Gasteiger charge is -2.23. The summed E-state index contributed by atoms with van der Waals surface area (Å²) in [5, 5.41) is 11.8. The molecule has 0 bridgehead atoms. The average molecular weight is 374 g/mol. The van der Waals surface area contributed by atoms with Crippen LogP contribution in [0.4, 0.5) is 11.4 Å². The largest absolute Gasteiger partial charge is 0.346 e. The molecular weight excluding hydrogens is 352 g/mol. The van der Waals surface area contributed by atoms with Gasteiger partial charge in [-0.05, 0) is 54.7 Å². The van der Waals surface area contributed by atoms with Crippen LogP contribution in [0.3, 0.4) is 0 Å². The van der Waals surface area contributed by atoms with Crippen LogP contribution in [0, 0.1) is 0 Å². The van der Waals surface area contributed by atoms with E-state index in [9.17, 15) is 14.4 Å². The molecule has 1 aromatic heterocycles. The quantitative estimate of drug-likeness (QED) is 0.675. The number of likely N-dealkylation sites (N-methyl/N-ethyl adjacent to an activating group) is 1. The summed E-state index contributed by atoms with van der Waals surface area (Å²) >= 11 is 1.58. The topological polar surface area (TPSA) is 90.5 Å². The summed E-state index contributed by atoms with van der Waals surface area (Å²) in [7, 11) is 3.84. The SMILES string of the molecule is CC(=O)Nc1cccc(NC(=O)C(=O)NCC(c2ccsc2)N(C)C)c1. The van der Waals surface area contributed by atoms with Gasteiger partial charge in [-0.3, -0.25) is 14.4 Å². The number of nitrogens with one attached hydrogen (secondary N) is 3. The zero-order chi connectivity index (χ0) is 19.1. The lowest BCUT2D eigenvalue weighted by Crippen LogP contribution is -2.40. The third-order valence-corrected chi connectivity index (χ3v) is 4.36. The summed E-state index contributed by atoms with van der Waals surface area (Å²) in [5.41, 5.74) is 2.06. The first-order valence-corrected chi connectivity index (χ1v) is 8.96. The summed E-state index contributed by atoms with van der Waals surface area (Å²) in [5.74, 6) is -1.68. The van der Waals surface area contributed by atoms with Crippen LogP contribution in [0.15, 0.2) is 41.1 Å². The smallest absolute Gasteiger partial charge is 0.313 e. The lowest BCUT2D eigenvalue weighted by molar-refractivity contribution is -0.136. The Labute approximate surface area is 156 Å². The molecule has 0 fully saturated rings. The maximum Gasteiger partial charge on any atom is 0.313 e. The number of benzene rings is 1. The monoisotopic (exact) mass is 374 g/mol. The van der Waals surface area contributed by atoms with Crippen LogP contribution < -0.4 is 16.0 Å². The van der Waals surface area contributed by atoms with E-state index in [0.717, 1.165) is 5.56 Å².